The molecule has 2 amide bonds. The monoisotopic (exact) mass is 418 g/mol. The standard InChI is InChI=1S/C21H30N4O3S/c1-6-24(7-2)11-12-25(20(27)17-9-8-10-18(13-17)28-5)14-19(26)23-21-22-15(3)16(4)29-21/h8-10,13H,6-7,11-12,14H2,1-5H3,(H,22,23,26). The third-order valence-electron chi connectivity index (χ3n) is 4.79. The number of hydrogen-bond acceptors (Lipinski definition) is 6. The van der Waals surface area contributed by atoms with Gasteiger partial charge < -0.3 is 19.9 Å². The largest absolute Gasteiger partial charge is 0.497 e. The van der Waals surface area contributed by atoms with Crippen LogP contribution < -0.4 is 10.1 Å². The van der Waals surface area contributed by atoms with Gasteiger partial charge in [-0.25, -0.2) is 4.98 Å². The molecule has 0 spiro atoms. The Morgan fingerprint density at radius 2 is 1.90 bits per heavy atom. The molecular weight excluding hydrogens is 388 g/mol. The summed E-state index contributed by atoms with van der Waals surface area (Å²) < 4.78 is 5.23. The van der Waals surface area contributed by atoms with Gasteiger partial charge in [0.25, 0.3) is 5.91 Å². The summed E-state index contributed by atoms with van der Waals surface area (Å²) >= 11 is 1.43. The highest BCUT2D eigenvalue weighted by Crippen LogP contribution is 2.21. The van der Waals surface area contributed by atoms with Gasteiger partial charge in [-0.15, -0.1) is 11.3 Å². The average molecular weight is 419 g/mol. The molecule has 0 atom stereocenters. The summed E-state index contributed by atoms with van der Waals surface area (Å²) in [6, 6.07) is 6.99. The number of methoxy groups -OCH3 is 1. The molecule has 158 valence electrons. The SMILES string of the molecule is CCN(CC)CCN(CC(=O)Nc1nc(C)c(C)s1)C(=O)c1cccc(OC)c1. The molecule has 0 bridgehead atoms. The molecule has 7 nitrogen and oxygen atoms in total. The number of nitrogens with zero attached hydrogens (tertiary/aromatic N) is 3. The van der Waals surface area contributed by atoms with Gasteiger partial charge in [0.2, 0.25) is 5.91 Å². The van der Waals surface area contributed by atoms with Gasteiger partial charge in [0, 0.05) is 23.5 Å². The van der Waals surface area contributed by atoms with Crippen LogP contribution in [0.4, 0.5) is 5.13 Å². The summed E-state index contributed by atoms with van der Waals surface area (Å²) in [5, 5.41) is 3.37. The van der Waals surface area contributed by atoms with Crippen molar-refractivity contribution in [3.8, 4) is 5.75 Å². The number of carbonyl (C=O) groups is 2. The maximum absolute atomic E-state index is 13.1. The molecule has 2 aromatic rings. The molecule has 0 fully saturated rings. The van der Waals surface area contributed by atoms with Crippen molar-refractivity contribution in [2.45, 2.75) is 27.7 Å². The molecule has 1 aromatic heterocycles. The van der Waals surface area contributed by atoms with Crippen molar-refractivity contribution in [1.29, 1.82) is 0 Å². The Labute approximate surface area is 176 Å². The second-order valence-corrected chi connectivity index (χ2v) is 7.90. The highest BCUT2D eigenvalue weighted by atomic mass is 32.1. The number of likely N-dealkylation sites (N-methyl/N-ethyl adjacent to an activating group) is 1. The highest BCUT2D eigenvalue weighted by Gasteiger charge is 2.21. The highest BCUT2D eigenvalue weighted by molar-refractivity contribution is 7.15. The van der Waals surface area contributed by atoms with Crippen molar-refractivity contribution in [2.75, 3.05) is 45.2 Å². The lowest BCUT2D eigenvalue weighted by Gasteiger charge is -2.26. The summed E-state index contributed by atoms with van der Waals surface area (Å²) in [5.41, 5.74) is 1.40. The molecule has 2 rings (SSSR count). The van der Waals surface area contributed by atoms with Crippen LogP contribution in [-0.2, 0) is 4.79 Å². The third kappa shape index (κ3) is 6.54. The van der Waals surface area contributed by atoms with Crippen molar-refractivity contribution in [3.63, 3.8) is 0 Å². The van der Waals surface area contributed by atoms with Gasteiger partial charge in [-0.05, 0) is 45.1 Å². The smallest absolute Gasteiger partial charge is 0.254 e. The van der Waals surface area contributed by atoms with Crippen molar-refractivity contribution in [3.05, 3.63) is 40.4 Å². The summed E-state index contributed by atoms with van der Waals surface area (Å²) in [5.74, 6) is 0.157. The van der Waals surface area contributed by atoms with E-state index in [9.17, 15) is 9.59 Å². The van der Waals surface area contributed by atoms with Gasteiger partial charge in [-0.3, -0.25) is 9.59 Å². The Morgan fingerprint density at radius 3 is 2.48 bits per heavy atom. The summed E-state index contributed by atoms with van der Waals surface area (Å²) in [6.45, 7) is 10.9. The normalized spacial score (nSPS) is 10.8. The Balaban J connectivity index is 2.14. The quantitative estimate of drug-likeness (QED) is 0.641. The molecule has 0 unspecified atom stereocenters. The van der Waals surface area contributed by atoms with E-state index in [2.05, 4.69) is 29.0 Å². The van der Waals surface area contributed by atoms with Crippen LogP contribution in [0.3, 0.4) is 0 Å². The van der Waals surface area contributed by atoms with E-state index in [4.69, 9.17) is 4.74 Å². The van der Waals surface area contributed by atoms with E-state index in [-0.39, 0.29) is 18.4 Å². The minimum absolute atomic E-state index is 0.0328. The Bertz CT molecular complexity index is 814. The lowest BCUT2D eigenvalue weighted by Crippen LogP contribution is -2.42. The van der Waals surface area contributed by atoms with Gasteiger partial charge in [0.05, 0.1) is 12.8 Å². The van der Waals surface area contributed by atoms with Gasteiger partial charge >= 0.3 is 0 Å². The van der Waals surface area contributed by atoms with Crippen LogP contribution in [0.5, 0.6) is 5.75 Å². The number of carbonyl (C=O) groups excluding carboxylic acids is 2. The van der Waals surface area contributed by atoms with Gasteiger partial charge in [-0.1, -0.05) is 19.9 Å². The summed E-state index contributed by atoms with van der Waals surface area (Å²) in [4.78, 5) is 34.9. The van der Waals surface area contributed by atoms with Crippen LogP contribution in [0.1, 0.15) is 34.8 Å². The van der Waals surface area contributed by atoms with Crippen LogP contribution in [-0.4, -0.2) is 66.4 Å². The molecule has 0 aliphatic heterocycles. The van der Waals surface area contributed by atoms with E-state index in [1.807, 2.05) is 13.8 Å². The zero-order valence-corrected chi connectivity index (χ0v) is 18.6. The Hall–Kier alpha value is -2.45. The van der Waals surface area contributed by atoms with Crippen LogP contribution in [0.2, 0.25) is 0 Å². The fourth-order valence-electron chi connectivity index (χ4n) is 2.85. The number of aryl methyl sites for hydroxylation is 2. The summed E-state index contributed by atoms with van der Waals surface area (Å²) in [7, 11) is 1.56. The molecule has 1 aromatic carbocycles. The van der Waals surface area contributed by atoms with Gasteiger partial charge in [0.1, 0.15) is 12.3 Å². The molecule has 0 radical (unpaired) electrons. The first-order valence-electron chi connectivity index (χ1n) is 9.77. The van der Waals surface area contributed by atoms with E-state index in [0.717, 1.165) is 23.7 Å². The maximum Gasteiger partial charge on any atom is 0.254 e. The predicted molar refractivity (Wildman–Crippen MR) is 117 cm³/mol. The summed E-state index contributed by atoms with van der Waals surface area (Å²) in [6.07, 6.45) is 0. The first-order valence-corrected chi connectivity index (χ1v) is 10.6. The van der Waals surface area contributed by atoms with Crippen LogP contribution in [0.25, 0.3) is 0 Å². The molecule has 0 saturated carbocycles. The average Bonchev–Trinajstić information content (AvgIpc) is 3.03. The minimum atomic E-state index is -0.255. The molecule has 0 aliphatic carbocycles. The predicted octanol–water partition coefficient (Wildman–Crippen LogP) is 3.19. The molecule has 8 heteroatoms. The van der Waals surface area contributed by atoms with Gasteiger partial charge in [-0.2, -0.15) is 0 Å². The fraction of sp³-hybridized carbons (Fsp3) is 0.476. The zero-order valence-electron chi connectivity index (χ0n) is 17.8. The fourth-order valence-corrected chi connectivity index (χ4v) is 3.68. The first-order chi connectivity index (χ1) is 13.9. The molecule has 0 saturated heterocycles. The van der Waals surface area contributed by atoms with Crippen LogP contribution >= 0.6 is 11.3 Å². The molecular formula is C21H30N4O3S. The van der Waals surface area contributed by atoms with Crippen molar-refractivity contribution >= 4 is 28.3 Å². The number of nitrogens with one attached hydrogen (secondary N) is 1. The van der Waals surface area contributed by atoms with Crippen molar-refractivity contribution in [1.82, 2.24) is 14.8 Å². The molecule has 1 heterocycles. The molecule has 29 heavy (non-hydrogen) atoms. The number of benzene rings is 1. The van der Waals surface area contributed by atoms with E-state index in [1.54, 1.807) is 36.3 Å². The lowest BCUT2D eigenvalue weighted by molar-refractivity contribution is -0.116. The van der Waals surface area contributed by atoms with Crippen LogP contribution in [0.15, 0.2) is 24.3 Å². The number of anilines is 1. The number of rotatable bonds is 10. The number of thiazole rings is 1. The minimum Gasteiger partial charge on any atom is -0.497 e. The second kappa shape index (κ2) is 10.9. The molecule has 1 N–H and O–H groups in total. The number of ether oxygens (including phenoxy) is 1. The van der Waals surface area contributed by atoms with Crippen molar-refractivity contribution in [2.24, 2.45) is 0 Å². The van der Waals surface area contributed by atoms with E-state index >= 15 is 0 Å². The Morgan fingerprint density at radius 1 is 1.17 bits per heavy atom. The van der Waals surface area contributed by atoms with E-state index in [1.165, 1.54) is 11.3 Å². The zero-order chi connectivity index (χ0) is 21.4. The lowest BCUT2D eigenvalue weighted by atomic mass is 10.2. The van der Waals surface area contributed by atoms with E-state index in [0.29, 0.717) is 29.5 Å². The first kappa shape index (κ1) is 22.8. The molecule has 0 aliphatic rings. The van der Waals surface area contributed by atoms with Gasteiger partial charge in [0.15, 0.2) is 5.13 Å². The number of amides is 2. The number of aromatic nitrogens is 1. The topological polar surface area (TPSA) is 74.8 Å². The third-order valence-corrected chi connectivity index (χ3v) is 5.78. The van der Waals surface area contributed by atoms with E-state index < -0.39 is 0 Å². The number of hydrogen-bond donors (Lipinski definition) is 1. The Kier molecular flexibility index (Phi) is 8.60. The maximum atomic E-state index is 13.1. The second-order valence-electron chi connectivity index (χ2n) is 6.69. The van der Waals surface area contributed by atoms with Crippen molar-refractivity contribution < 1.29 is 14.3 Å². The van der Waals surface area contributed by atoms with Crippen LogP contribution in [0, 0.1) is 13.8 Å².